The van der Waals surface area contributed by atoms with Crippen molar-refractivity contribution in [2.45, 2.75) is 6.92 Å². The van der Waals surface area contributed by atoms with Crippen LogP contribution in [0.4, 0.5) is 5.69 Å². The largest absolute Gasteiger partial charge is 0.545 e. The molecule has 22 heavy (non-hydrogen) atoms. The highest BCUT2D eigenvalue weighted by Gasteiger charge is 2.02. The number of hydrogen-bond donors (Lipinski definition) is 1. The molecular formula is C16H14ClN2O3-. The van der Waals surface area contributed by atoms with E-state index in [1.54, 1.807) is 12.3 Å². The number of halogens is 1. The van der Waals surface area contributed by atoms with Crippen LogP contribution in [0, 0.1) is 0 Å². The highest BCUT2D eigenvalue weighted by atomic mass is 35.5. The van der Waals surface area contributed by atoms with Gasteiger partial charge in [0.25, 0.3) is 0 Å². The summed E-state index contributed by atoms with van der Waals surface area (Å²) in [7, 11) is 0. The lowest BCUT2D eigenvalue weighted by Crippen LogP contribution is -2.22. The van der Waals surface area contributed by atoms with Gasteiger partial charge < -0.3 is 14.6 Å². The fourth-order valence-electron chi connectivity index (χ4n) is 1.75. The van der Waals surface area contributed by atoms with Crippen molar-refractivity contribution >= 4 is 29.5 Å². The minimum atomic E-state index is -1.33. The summed E-state index contributed by atoms with van der Waals surface area (Å²) in [6.45, 7) is 2.54. The van der Waals surface area contributed by atoms with Crippen LogP contribution in [0.1, 0.15) is 22.8 Å². The van der Waals surface area contributed by atoms with Crippen molar-refractivity contribution in [1.82, 2.24) is 0 Å². The summed E-state index contributed by atoms with van der Waals surface area (Å²) < 4.78 is 5.35. The van der Waals surface area contributed by atoms with E-state index in [0.717, 1.165) is 11.3 Å². The molecule has 0 saturated carbocycles. The molecule has 2 aromatic rings. The van der Waals surface area contributed by atoms with Crippen LogP contribution in [0.2, 0.25) is 5.02 Å². The second-order valence-corrected chi connectivity index (χ2v) is 4.76. The zero-order valence-electron chi connectivity index (χ0n) is 11.9. The maximum atomic E-state index is 10.9. The quantitative estimate of drug-likeness (QED) is 0.656. The Balaban J connectivity index is 2.03. The van der Waals surface area contributed by atoms with Crippen molar-refractivity contribution in [2.75, 3.05) is 12.0 Å². The van der Waals surface area contributed by atoms with Crippen molar-refractivity contribution in [2.24, 2.45) is 5.10 Å². The van der Waals surface area contributed by atoms with Gasteiger partial charge in [-0.05, 0) is 55.0 Å². The number of carbonyl (C=O) groups excluding carboxylic acids is 1. The van der Waals surface area contributed by atoms with Crippen LogP contribution in [0.25, 0.3) is 0 Å². The second-order valence-electron chi connectivity index (χ2n) is 4.35. The zero-order chi connectivity index (χ0) is 15.9. The Bertz CT molecular complexity index is 684. The highest BCUT2D eigenvalue weighted by molar-refractivity contribution is 6.33. The summed E-state index contributed by atoms with van der Waals surface area (Å²) in [6, 6.07) is 11.9. The number of benzene rings is 2. The maximum Gasteiger partial charge on any atom is 0.119 e. The third-order valence-electron chi connectivity index (χ3n) is 2.78. The van der Waals surface area contributed by atoms with E-state index in [-0.39, 0.29) is 10.6 Å². The molecule has 2 rings (SSSR count). The van der Waals surface area contributed by atoms with Crippen LogP contribution in [-0.4, -0.2) is 18.8 Å². The lowest BCUT2D eigenvalue weighted by molar-refractivity contribution is -0.255. The van der Waals surface area contributed by atoms with E-state index in [1.165, 1.54) is 12.1 Å². The lowest BCUT2D eigenvalue weighted by Gasteiger charge is -2.07. The normalized spacial score (nSPS) is 10.6. The molecule has 0 bridgehead atoms. The number of hydrazone groups is 1. The summed E-state index contributed by atoms with van der Waals surface area (Å²) in [5.41, 5.74) is 4.05. The third-order valence-corrected chi connectivity index (χ3v) is 3.11. The zero-order valence-corrected chi connectivity index (χ0v) is 12.6. The van der Waals surface area contributed by atoms with Crippen LogP contribution in [0.3, 0.4) is 0 Å². The topological polar surface area (TPSA) is 73.8 Å². The van der Waals surface area contributed by atoms with Gasteiger partial charge in [-0.15, -0.1) is 0 Å². The fraction of sp³-hybridized carbons (Fsp3) is 0.125. The van der Waals surface area contributed by atoms with E-state index in [0.29, 0.717) is 12.3 Å². The predicted molar refractivity (Wildman–Crippen MR) is 84.6 cm³/mol. The third kappa shape index (κ3) is 4.23. The Morgan fingerprint density at radius 2 is 2.05 bits per heavy atom. The maximum absolute atomic E-state index is 10.9. The Morgan fingerprint density at radius 3 is 2.68 bits per heavy atom. The van der Waals surface area contributed by atoms with Crippen molar-refractivity contribution in [3.8, 4) is 5.75 Å². The molecule has 0 aliphatic carbocycles. The first-order chi connectivity index (χ1) is 10.6. The Hall–Kier alpha value is -2.53. The standard InChI is InChI=1S/C16H15ClN2O3/c1-2-22-13-6-3-11(4-7-13)10-18-19-12-5-8-15(17)14(9-12)16(20)21/h3-10,19H,2H2,1H3,(H,20,21)/p-1/b18-10-. The Kier molecular flexibility index (Phi) is 5.38. The molecule has 0 atom stereocenters. The minimum Gasteiger partial charge on any atom is -0.545 e. The number of anilines is 1. The molecule has 0 radical (unpaired) electrons. The minimum absolute atomic E-state index is 0.0806. The van der Waals surface area contributed by atoms with Crippen LogP contribution < -0.4 is 15.3 Å². The van der Waals surface area contributed by atoms with Crippen LogP contribution in [0.5, 0.6) is 5.75 Å². The van der Waals surface area contributed by atoms with Gasteiger partial charge in [0.15, 0.2) is 0 Å². The summed E-state index contributed by atoms with van der Waals surface area (Å²) in [5, 5.41) is 15.1. The van der Waals surface area contributed by atoms with E-state index in [1.807, 2.05) is 31.2 Å². The van der Waals surface area contributed by atoms with Gasteiger partial charge in [0, 0.05) is 10.6 Å². The van der Waals surface area contributed by atoms with Crippen molar-refractivity contribution in [3.05, 3.63) is 58.6 Å². The average molecular weight is 318 g/mol. The molecule has 0 aliphatic rings. The molecule has 0 saturated heterocycles. The van der Waals surface area contributed by atoms with Gasteiger partial charge in [-0.3, -0.25) is 5.43 Å². The molecule has 6 heteroatoms. The van der Waals surface area contributed by atoms with Crippen molar-refractivity contribution in [1.29, 1.82) is 0 Å². The highest BCUT2D eigenvalue weighted by Crippen LogP contribution is 2.20. The van der Waals surface area contributed by atoms with E-state index in [2.05, 4.69) is 10.5 Å². The summed E-state index contributed by atoms with van der Waals surface area (Å²) in [5.74, 6) is -0.534. The Labute approximate surface area is 133 Å². The number of hydrogen-bond acceptors (Lipinski definition) is 5. The molecule has 0 aliphatic heterocycles. The van der Waals surface area contributed by atoms with E-state index >= 15 is 0 Å². The number of rotatable bonds is 6. The number of carboxylic acids is 1. The van der Waals surface area contributed by atoms with Crippen LogP contribution >= 0.6 is 11.6 Å². The number of aromatic carboxylic acids is 1. The summed E-state index contributed by atoms with van der Waals surface area (Å²) in [6.07, 6.45) is 1.61. The molecule has 114 valence electrons. The number of carboxylic acid groups (broad SMARTS) is 1. The summed E-state index contributed by atoms with van der Waals surface area (Å²) in [4.78, 5) is 10.9. The molecule has 0 heterocycles. The van der Waals surface area contributed by atoms with Crippen LogP contribution in [0.15, 0.2) is 47.6 Å². The number of ether oxygens (including phenoxy) is 1. The smallest absolute Gasteiger partial charge is 0.119 e. The number of nitrogens with zero attached hydrogens (tertiary/aromatic N) is 1. The van der Waals surface area contributed by atoms with Crippen LogP contribution in [-0.2, 0) is 0 Å². The van der Waals surface area contributed by atoms with Gasteiger partial charge in [0.2, 0.25) is 0 Å². The van der Waals surface area contributed by atoms with Gasteiger partial charge in [0.05, 0.1) is 24.5 Å². The molecule has 1 N–H and O–H groups in total. The molecule has 0 unspecified atom stereocenters. The van der Waals surface area contributed by atoms with E-state index < -0.39 is 5.97 Å². The van der Waals surface area contributed by atoms with Gasteiger partial charge in [-0.25, -0.2) is 0 Å². The summed E-state index contributed by atoms with van der Waals surface area (Å²) >= 11 is 5.76. The monoisotopic (exact) mass is 317 g/mol. The number of nitrogens with one attached hydrogen (secondary N) is 1. The van der Waals surface area contributed by atoms with Crippen molar-refractivity contribution in [3.63, 3.8) is 0 Å². The van der Waals surface area contributed by atoms with E-state index in [9.17, 15) is 9.90 Å². The molecular weight excluding hydrogens is 304 g/mol. The first kappa shape index (κ1) is 15.9. The SMILES string of the molecule is CCOc1ccc(/C=N\Nc2ccc(Cl)c(C(=O)[O-])c2)cc1. The molecule has 0 fully saturated rings. The molecule has 0 aromatic heterocycles. The van der Waals surface area contributed by atoms with Gasteiger partial charge in [-0.2, -0.15) is 5.10 Å². The molecule has 2 aromatic carbocycles. The van der Waals surface area contributed by atoms with E-state index in [4.69, 9.17) is 16.3 Å². The first-order valence-corrected chi connectivity index (χ1v) is 7.00. The fourth-order valence-corrected chi connectivity index (χ4v) is 1.94. The lowest BCUT2D eigenvalue weighted by atomic mass is 10.2. The average Bonchev–Trinajstić information content (AvgIpc) is 2.51. The van der Waals surface area contributed by atoms with Gasteiger partial charge >= 0.3 is 0 Å². The van der Waals surface area contributed by atoms with Crippen molar-refractivity contribution < 1.29 is 14.6 Å². The van der Waals surface area contributed by atoms with Gasteiger partial charge in [0.1, 0.15) is 5.75 Å². The predicted octanol–water partition coefficient (Wildman–Crippen LogP) is 2.55. The van der Waals surface area contributed by atoms with Gasteiger partial charge in [-0.1, -0.05) is 11.6 Å². The first-order valence-electron chi connectivity index (χ1n) is 6.63. The Morgan fingerprint density at radius 1 is 1.32 bits per heavy atom. The molecule has 5 nitrogen and oxygen atoms in total. The molecule has 0 spiro atoms. The second kappa shape index (κ2) is 7.47. The number of carbonyl (C=O) groups is 1. The molecule has 0 amide bonds.